The van der Waals surface area contributed by atoms with Crippen molar-refractivity contribution >= 4 is 11.6 Å². The van der Waals surface area contributed by atoms with Gasteiger partial charge in [0, 0.05) is 55.0 Å². The summed E-state index contributed by atoms with van der Waals surface area (Å²) in [5.74, 6) is -3.29. The van der Waals surface area contributed by atoms with E-state index in [1.807, 2.05) is 13.8 Å². The number of hydrogen-bond acceptors (Lipinski definition) is 4. The van der Waals surface area contributed by atoms with Crippen LogP contribution in [0.4, 0.5) is 14.5 Å². The Morgan fingerprint density at radius 3 is 2.73 bits per heavy atom. The van der Waals surface area contributed by atoms with Crippen LogP contribution in [0.15, 0.2) is 42.6 Å². The zero-order chi connectivity index (χ0) is 21.5. The molecule has 7 heteroatoms. The summed E-state index contributed by atoms with van der Waals surface area (Å²) in [6, 6.07) is 9.40. The maximum atomic E-state index is 15.1. The maximum absolute atomic E-state index is 15.1. The first kappa shape index (κ1) is 20.9. The fraction of sp³-hybridized carbons (Fsp3) is 0.478. The Kier molecular flexibility index (Phi) is 5.36. The molecule has 1 atom stereocenters. The van der Waals surface area contributed by atoms with E-state index in [0.29, 0.717) is 18.3 Å². The molecule has 0 saturated carbocycles. The number of carbonyl (C=O) groups excluding carboxylic acids is 1. The van der Waals surface area contributed by atoms with Gasteiger partial charge in [-0.3, -0.25) is 14.7 Å². The van der Waals surface area contributed by atoms with E-state index < -0.39 is 5.92 Å². The van der Waals surface area contributed by atoms with E-state index in [2.05, 4.69) is 22.1 Å². The molecule has 0 bridgehead atoms. The van der Waals surface area contributed by atoms with Gasteiger partial charge < -0.3 is 10.2 Å². The number of aromatic nitrogens is 1. The highest BCUT2D eigenvalue weighted by molar-refractivity contribution is 5.97. The van der Waals surface area contributed by atoms with Gasteiger partial charge in [0.05, 0.1) is 12.2 Å². The van der Waals surface area contributed by atoms with Crippen molar-refractivity contribution in [3.8, 4) is 0 Å². The molecule has 1 unspecified atom stereocenters. The lowest BCUT2D eigenvalue weighted by Gasteiger charge is -2.32. The summed E-state index contributed by atoms with van der Waals surface area (Å²) in [4.78, 5) is 21.0. The SMILES string of the molecule is CC1CN(CC(=O)N2CC(C)(C)c3cnc(C(F)(F)c4ccccc4)cc32)CCN1. The Labute approximate surface area is 176 Å². The third kappa shape index (κ3) is 3.84. The minimum atomic E-state index is -3.23. The molecule has 2 aliphatic rings. The third-order valence-corrected chi connectivity index (χ3v) is 6.03. The van der Waals surface area contributed by atoms with Gasteiger partial charge in [0.25, 0.3) is 0 Å². The van der Waals surface area contributed by atoms with Crippen LogP contribution in [0.5, 0.6) is 0 Å². The number of rotatable bonds is 4. The molecule has 160 valence electrons. The molecule has 30 heavy (non-hydrogen) atoms. The van der Waals surface area contributed by atoms with Crippen LogP contribution < -0.4 is 10.2 Å². The fourth-order valence-electron chi connectivity index (χ4n) is 4.38. The second-order valence-corrected chi connectivity index (χ2v) is 8.98. The van der Waals surface area contributed by atoms with E-state index in [-0.39, 0.29) is 29.1 Å². The molecule has 1 saturated heterocycles. The van der Waals surface area contributed by atoms with Crippen molar-refractivity contribution in [3.63, 3.8) is 0 Å². The maximum Gasteiger partial charge on any atom is 0.314 e. The second-order valence-electron chi connectivity index (χ2n) is 8.98. The normalized spacial score (nSPS) is 21.5. The van der Waals surface area contributed by atoms with E-state index in [9.17, 15) is 4.79 Å². The zero-order valence-electron chi connectivity index (χ0n) is 17.7. The van der Waals surface area contributed by atoms with E-state index >= 15 is 8.78 Å². The monoisotopic (exact) mass is 414 g/mol. The molecular weight excluding hydrogens is 386 g/mol. The number of nitrogens with one attached hydrogen (secondary N) is 1. The summed E-state index contributed by atoms with van der Waals surface area (Å²) in [6.07, 6.45) is 1.52. The lowest BCUT2D eigenvalue weighted by atomic mass is 9.88. The number of fused-ring (bicyclic) bond motifs is 1. The summed E-state index contributed by atoms with van der Waals surface area (Å²) in [5.41, 5.74) is 0.599. The highest BCUT2D eigenvalue weighted by Gasteiger charge is 2.42. The summed E-state index contributed by atoms with van der Waals surface area (Å²) in [7, 11) is 0. The van der Waals surface area contributed by atoms with E-state index in [4.69, 9.17) is 0 Å². The van der Waals surface area contributed by atoms with E-state index in [1.54, 1.807) is 23.1 Å². The highest BCUT2D eigenvalue weighted by Crippen LogP contribution is 2.43. The molecule has 1 aromatic carbocycles. The van der Waals surface area contributed by atoms with Gasteiger partial charge in [0.15, 0.2) is 0 Å². The molecule has 1 amide bonds. The lowest BCUT2D eigenvalue weighted by Crippen LogP contribution is -2.52. The third-order valence-electron chi connectivity index (χ3n) is 6.03. The molecule has 5 nitrogen and oxygen atoms in total. The second kappa shape index (κ2) is 7.71. The van der Waals surface area contributed by atoms with Gasteiger partial charge in [-0.1, -0.05) is 44.2 Å². The van der Waals surface area contributed by atoms with E-state index in [1.165, 1.54) is 24.4 Å². The largest absolute Gasteiger partial charge is 0.314 e. The zero-order valence-corrected chi connectivity index (χ0v) is 17.7. The summed E-state index contributed by atoms with van der Waals surface area (Å²) in [5, 5.41) is 3.36. The number of nitrogens with zero attached hydrogens (tertiary/aromatic N) is 3. The van der Waals surface area contributed by atoms with Gasteiger partial charge in [-0.25, -0.2) is 0 Å². The van der Waals surface area contributed by atoms with Crippen LogP contribution in [0, 0.1) is 0 Å². The molecule has 2 aromatic rings. The average Bonchev–Trinajstić information content (AvgIpc) is 2.99. The van der Waals surface area contributed by atoms with Crippen LogP contribution in [-0.2, 0) is 16.1 Å². The van der Waals surface area contributed by atoms with Gasteiger partial charge in [0.2, 0.25) is 5.91 Å². The standard InChI is InChI=1S/C23H28F2N4O/c1-16-13-28(10-9-26-16)14-21(30)29-15-22(2,3)18-12-27-20(11-19(18)29)23(24,25)17-7-5-4-6-8-17/h4-8,11-12,16,26H,9-10,13-15H2,1-3H3. The molecule has 2 aliphatic heterocycles. The van der Waals surface area contributed by atoms with E-state index in [0.717, 1.165) is 25.2 Å². The quantitative estimate of drug-likeness (QED) is 0.835. The first-order chi connectivity index (χ1) is 14.2. The van der Waals surface area contributed by atoms with Crippen LogP contribution >= 0.6 is 0 Å². The smallest absolute Gasteiger partial charge is 0.312 e. The van der Waals surface area contributed by atoms with Crippen molar-refractivity contribution in [1.29, 1.82) is 0 Å². The molecule has 1 aromatic heterocycles. The lowest BCUT2D eigenvalue weighted by molar-refractivity contribution is -0.120. The van der Waals surface area contributed by atoms with Crippen molar-refractivity contribution in [3.05, 3.63) is 59.4 Å². The van der Waals surface area contributed by atoms with Gasteiger partial charge >= 0.3 is 5.92 Å². The van der Waals surface area contributed by atoms with Crippen LogP contribution in [-0.4, -0.2) is 54.6 Å². The number of piperazine rings is 1. The van der Waals surface area contributed by atoms with Crippen LogP contribution in [0.25, 0.3) is 0 Å². The van der Waals surface area contributed by atoms with Crippen LogP contribution in [0.1, 0.15) is 37.6 Å². The Morgan fingerprint density at radius 2 is 2.03 bits per heavy atom. The minimum Gasteiger partial charge on any atom is -0.312 e. The van der Waals surface area contributed by atoms with Crippen molar-refractivity contribution in [2.75, 3.05) is 37.6 Å². The molecule has 0 aliphatic carbocycles. The predicted molar refractivity (Wildman–Crippen MR) is 113 cm³/mol. The molecule has 3 heterocycles. The Bertz CT molecular complexity index is 932. The number of anilines is 1. The number of amides is 1. The predicted octanol–water partition coefficient (Wildman–Crippen LogP) is 3.14. The molecule has 1 N–H and O–H groups in total. The first-order valence-corrected chi connectivity index (χ1v) is 10.4. The fourth-order valence-corrected chi connectivity index (χ4v) is 4.38. The number of carbonyl (C=O) groups is 1. The Morgan fingerprint density at radius 1 is 1.30 bits per heavy atom. The van der Waals surface area contributed by atoms with Crippen molar-refractivity contribution in [2.45, 2.75) is 38.2 Å². The molecule has 1 fully saturated rings. The van der Waals surface area contributed by atoms with Crippen molar-refractivity contribution in [1.82, 2.24) is 15.2 Å². The summed E-state index contributed by atoms with van der Waals surface area (Å²) >= 11 is 0. The van der Waals surface area contributed by atoms with Crippen molar-refractivity contribution < 1.29 is 13.6 Å². The number of halogens is 2. The number of benzene rings is 1. The summed E-state index contributed by atoms with van der Waals surface area (Å²) < 4.78 is 30.2. The van der Waals surface area contributed by atoms with Crippen molar-refractivity contribution in [2.24, 2.45) is 0 Å². The topological polar surface area (TPSA) is 48.5 Å². The first-order valence-electron chi connectivity index (χ1n) is 10.4. The molecule has 0 radical (unpaired) electrons. The van der Waals surface area contributed by atoms with Crippen LogP contribution in [0.3, 0.4) is 0 Å². The molecule has 0 spiro atoms. The Balaban J connectivity index is 1.64. The highest BCUT2D eigenvalue weighted by atomic mass is 19.3. The number of hydrogen-bond donors (Lipinski definition) is 1. The Hall–Kier alpha value is -2.38. The summed E-state index contributed by atoms with van der Waals surface area (Å²) in [6.45, 7) is 9.31. The van der Waals surface area contributed by atoms with Gasteiger partial charge in [-0.05, 0) is 13.0 Å². The molecular formula is C23H28F2N4O. The van der Waals surface area contributed by atoms with Crippen LogP contribution in [0.2, 0.25) is 0 Å². The number of pyridine rings is 1. The van der Waals surface area contributed by atoms with Gasteiger partial charge in [0.1, 0.15) is 5.69 Å². The van der Waals surface area contributed by atoms with Gasteiger partial charge in [-0.2, -0.15) is 8.78 Å². The number of alkyl halides is 2. The minimum absolute atomic E-state index is 0.0592. The van der Waals surface area contributed by atoms with Gasteiger partial charge in [-0.15, -0.1) is 0 Å². The average molecular weight is 415 g/mol. The molecule has 4 rings (SSSR count).